The van der Waals surface area contributed by atoms with Crippen LogP contribution in [-0.2, 0) is 0 Å². The molecule has 0 aromatic rings. The molecule has 0 amide bonds. The molecule has 1 aliphatic heterocycles. The molecule has 21 heavy (non-hydrogen) atoms. The molecule has 0 radical (unpaired) electrons. The second-order valence-corrected chi connectivity index (χ2v) is 7.22. The van der Waals surface area contributed by atoms with Gasteiger partial charge in [-0.2, -0.15) is 0 Å². The monoisotopic (exact) mass is 295 g/mol. The fourth-order valence-electron chi connectivity index (χ4n) is 4.39. The molecule has 0 bridgehead atoms. The standard InChI is InChI=1S/C20H41N/c1-5-9-14-18(12-7-3)20-16-11-17-21(20)19(13-8-4)15-10-6-2/h18-20H,5-17H2,1-4H3. The Kier molecular flexibility index (Phi) is 10.4. The number of hydrogen-bond donors (Lipinski definition) is 0. The minimum absolute atomic E-state index is 0.878. The third kappa shape index (κ3) is 6.30. The summed E-state index contributed by atoms with van der Waals surface area (Å²) in [7, 11) is 0. The summed E-state index contributed by atoms with van der Waals surface area (Å²) < 4.78 is 0. The van der Waals surface area contributed by atoms with Crippen molar-refractivity contribution in [1.29, 1.82) is 0 Å². The first-order valence-electron chi connectivity index (χ1n) is 10.0. The second kappa shape index (κ2) is 11.5. The van der Waals surface area contributed by atoms with Gasteiger partial charge >= 0.3 is 0 Å². The number of hydrogen-bond acceptors (Lipinski definition) is 1. The van der Waals surface area contributed by atoms with Gasteiger partial charge in [0.05, 0.1) is 0 Å². The van der Waals surface area contributed by atoms with E-state index in [1.807, 2.05) is 0 Å². The molecule has 0 aromatic heterocycles. The highest BCUT2D eigenvalue weighted by Crippen LogP contribution is 2.34. The van der Waals surface area contributed by atoms with E-state index in [0.717, 1.165) is 18.0 Å². The maximum atomic E-state index is 2.95. The van der Waals surface area contributed by atoms with E-state index >= 15 is 0 Å². The van der Waals surface area contributed by atoms with Crippen molar-refractivity contribution in [3.63, 3.8) is 0 Å². The van der Waals surface area contributed by atoms with E-state index in [-0.39, 0.29) is 0 Å². The number of unbranched alkanes of at least 4 members (excludes halogenated alkanes) is 2. The van der Waals surface area contributed by atoms with Crippen molar-refractivity contribution in [2.45, 2.75) is 117 Å². The summed E-state index contributed by atoms with van der Waals surface area (Å²) in [6.45, 7) is 10.8. The van der Waals surface area contributed by atoms with Crippen molar-refractivity contribution >= 4 is 0 Å². The summed E-state index contributed by atoms with van der Waals surface area (Å²) in [6.07, 6.45) is 17.0. The van der Waals surface area contributed by atoms with Gasteiger partial charge in [0.1, 0.15) is 0 Å². The van der Waals surface area contributed by atoms with E-state index in [4.69, 9.17) is 0 Å². The molecule has 1 heteroatoms. The van der Waals surface area contributed by atoms with Crippen molar-refractivity contribution < 1.29 is 0 Å². The molecule has 0 aliphatic carbocycles. The maximum Gasteiger partial charge on any atom is 0.0127 e. The van der Waals surface area contributed by atoms with Gasteiger partial charge in [-0.1, -0.05) is 66.2 Å². The Morgan fingerprint density at radius 1 is 0.810 bits per heavy atom. The zero-order valence-corrected chi connectivity index (χ0v) is 15.4. The molecular weight excluding hydrogens is 254 g/mol. The van der Waals surface area contributed by atoms with Gasteiger partial charge < -0.3 is 0 Å². The smallest absolute Gasteiger partial charge is 0.0127 e. The maximum absolute atomic E-state index is 2.95. The summed E-state index contributed by atoms with van der Waals surface area (Å²) in [5, 5.41) is 0. The molecule has 0 aromatic carbocycles. The molecular formula is C20H41N. The van der Waals surface area contributed by atoms with Crippen LogP contribution in [0.15, 0.2) is 0 Å². The Morgan fingerprint density at radius 2 is 1.48 bits per heavy atom. The lowest BCUT2D eigenvalue weighted by Gasteiger charge is -2.38. The number of nitrogens with zero attached hydrogens (tertiary/aromatic N) is 1. The van der Waals surface area contributed by atoms with Gasteiger partial charge in [-0.05, 0) is 51.0 Å². The summed E-state index contributed by atoms with van der Waals surface area (Å²) in [4.78, 5) is 2.95. The quantitative estimate of drug-likeness (QED) is 0.402. The van der Waals surface area contributed by atoms with Crippen LogP contribution in [0.1, 0.15) is 105 Å². The highest BCUT2D eigenvalue weighted by Gasteiger charge is 2.34. The third-order valence-corrected chi connectivity index (χ3v) is 5.46. The van der Waals surface area contributed by atoms with Gasteiger partial charge in [-0.25, -0.2) is 0 Å². The molecule has 0 saturated carbocycles. The SMILES string of the molecule is CCCCC(CCC)C1CCCN1C(CCC)CCCC. The lowest BCUT2D eigenvalue weighted by atomic mass is 9.87. The number of likely N-dealkylation sites (tertiary alicyclic amines) is 1. The molecule has 0 spiro atoms. The van der Waals surface area contributed by atoms with E-state index in [1.54, 1.807) is 0 Å². The van der Waals surface area contributed by atoms with Gasteiger partial charge in [-0.15, -0.1) is 0 Å². The van der Waals surface area contributed by atoms with Crippen LogP contribution in [0.25, 0.3) is 0 Å². The molecule has 1 heterocycles. The van der Waals surface area contributed by atoms with Crippen LogP contribution in [0.5, 0.6) is 0 Å². The Hall–Kier alpha value is -0.0400. The van der Waals surface area contributed by atoms with E-state index < -0.39 is 0 Å². The van der Waals surface area contributed by atoms with E-state index in [0.29, 0.717) is 0 Å². The molecule has 126 valence electrons. The molecule has 3 unspecified atom stereocenters. The average Bonchev–Trinajstić information content (AvgIpc) is 2.97. The highest BCUT2D eigenvalue weighted by molar-refractivity contribution is 4.89. The average molecular weight is 296 g/mol. The molecule has 1 nitrogen and oxygen atoms in total. The first-order valence-corrected chi connectivity index (χ1v) is 10.0. The molecule has 1 aliphatic rings. The summed E-state index contributed by atoms with van der Waals surface area (Å²) >= 11 is 0. The fourth-order valence-corrected chi connectivity index (χ4v) is 4.39. The predicted octanol–water partition coefficient (Wildman–Crippen LogP) is 6.42. The van der Waals surface area contributed by atoms with Gasteiger partial charge in [0.15, 0.2) is 0 Å². The lowest BCUT2D eigenvalue weighted by molar-refractivity contribution is 0.109. The molecule has 1 fully saturated rings. The van der Waals surface area contributed by atoms with E-state index in [9.17, 15) is 0 Å². The molecule has 0 N–H and O–H groups in total. The van der Waals surface area contributed by atoms with Crippen LogP contribution in [0.3, 0.4) is 0 Å². The Morgan fingerprint density at radius 3 is 2.10 bits per heavy atom. The summed E-state index contributed by atoms with van der Waals surface area (Å²) in [5.41, 5.74) is 0. The van der Waals surface area contributed by atoms with Gasteiger partial charge in [0, 0.05) is 12.1 Å². The topological polar surface area (TPSA) is 3.24 Å². The first-order chi connectivity index (χ1) is 10.3. The number of rotatable bonds is 12. The van der Waals surface area contributed by atoms with Crippen molar-refractivity contribution in [3.05, 3.63) is 0 Å². The van der Waals surface area contributed by atoms with Crippen LogP contribution in [0.2, 0.25) is 0 Å². The largest absolute Gasteiger partial charge is 0.297 e. The van der Waals surface area contributed by atoms with Crippen molar-refractivity contribution in [2.24, 2.45) is 5.92 Å². The lowest BCUT2D eigenvalue weighted by Crippen LogP contribution is -2.43. The third-order valence-electron chi connectivity index (χ3n) is 5.46. The molecule has 1 saturated heterocycles. The summed E-state index contributed by atoms with van der Waals surface area (Å²) in [5.74, 6) is 0.971. The fraction of sp³-hybridized carbons (Fsp3) is 1.00. The van der Waals surface area contributed by atoms with Crippen LogP contribution in [0.4, 0.5) is 0 Å². The summed E-state index contributed by atoms with van der Waals surface area (Å²) in [6, 6.07) is 1.79. The highest BCUT2D eigenvalue weighted by atomic mass is 15.2. The zero-order valence-electron chi connectivity index (χ0n) is 15.4. The van der Waals surface area contributed by atoms with E-state index in [1.165, 1.54) is 83.6 Å². The van der Waals surface area contributed by atoms with Crippen LogP contribution >= 0.6 is 0 Å². The Balaban J connectivity index is 2.67. The van der Waals surface area contributed by atoms with E-state index in [2.05, 4.69) is 32.6 Å². The van der Waals surface area contributed by atoms with Gasteiger partial charge in [-0.3, -0.25) is 4.90 Å². The zero-order chi connectivity index (χ0) is 15.5. The van der Waals surface area contributed by atoms with Gasteiger partial charge in [0.25, 0.3) is 0 Å². The van der Waals surface area contributed by atoms with Gasteiger partial charge in [0.2, 0.25) is 0 Å². The van der Waals surface area contributed by atoms with Crippen molar-refractivity contribution in [3.8, 4) is 0 Å². The molecule has 1 rings (SSSR count). The minimum Gasteiger partial charge on any atom is -0.297 e. The van der Waals surface area contributed by atoms with Crippen LogP contribution in [-0.4, -0.2) is 23.5 Å². The van der Waals surface area contributed by atoms with Crippen LogP contribution in [0, 0.1) is 5.92 Å². The normalized spacial score (nSPS) is 22.6. The minimum atomic E-state index is 0.878. The molecule has 3 atom stereocenters. The Bertz CT molecular complexity index is 214. The predicted molar refractivity (Wildman–Crippen MR) is 95.9 cm³/mol. The van der Waals surface area contributed by atoms with Crippen LogP contribution < -0.4 is 0 Å². The van der Waals surface area contributed by atoms with Crippen molar-refractivity contribution in [2.75, 3.05) is 6.54 Å². The first kappa shape index (κ1) is 19.0. The second-order valence-electron chi connectivity index (χ2n) is 7.22. The Labute approximate surface area is 134 Å². The van der Waals surface area contributed by atoms with Crippen molar-refractivity contribution in [1.82, 2.24) is 4.90 Å².